The summed E-state index contributed by atoms with van der Waals surface area (Å²) in [7, 11) is 3.44. The number of benzene rings is 1. The van der Waals surface area contributed by atoms with Crippen molar-refractivity contribution in [2.75, 3.05) is 27.2 Å². The zero-order chi connectivity index (χ0) is 19.8. The molecular weight excluding hydrogens is 356 g/mol. The second kappa shape index (κ2) is 7.43. The first-order chi connectivity index (χ1) is 13.5. The van der Waals surface area contributed by atoms with Gasteiger partial charge >= 0.3 is 5.97 Å². The average Bonchev–Trinajstić information content (AvgIpc) is 3.07. The molecule has 3 heterocycles. The van der Waals surface area contributed by atoms with Crippen molar-refractivity contribution in [3.05, 3.63) is 47.4 Å². The SMILES string of the molecule is COC(=O)C1=COC(C)C2CN(C)CCc3c([nH]c4ccccc34)C(=O)CC12. The van der Waals surface area contributed by atoms with Crippen LogP contribution in [0.5, 0.6) is 0 Å². The van der Waals surface area contributed by atoms with Crippen molar-refractivity contribution in [3.8, 4) is 0 Å². The number of para-hydroxylation sites is 1. The van der Waals surface area contributed by atoms with E-state index in [0.717, 1.165) is 36.0 Å². The van der Waals surface area contributed by atoms with Gasteiger partial charge in [-0.2, -0.15) is 0 Å². The number of fused-ring (bicyclic) bond motifs is 4. The molecule has 0 saturated carbocycles. The van der Waals surface area contributed by atoms with E-state index in [4.69, 9.17) is 9.47 Å². The summed E-state index contributed by atoms with van der Waals surface area (Å²) in [6, 6.07) is 8.02. The van der Waals surface area contributed by atoms with Crippen molar-refractivity contribution in [2.45, 2.75) is 25.9 Å². The van der Waals surface area contributed by atoms with E-state index < -0.39 is 5.97 Å². The Bertz CT molecular complexity index is 945. The smallest absolute Gasteiger partial charge is 0.337 e. The Morgan fingerprint density at radius 1 is 1.32 bits per heavy atom. The summed E-state index contributed by atoms with van der Waals surface area (Å²) < 4.78 is 10.7. The molecule has 2 aromatic rings. The summed E-state index contributed by atoms with van der Waals surface area (Å²) in [6.07, 6.45) is 2.47. The van der Waals surface area contributed by atoms with E-state index in [9.17, 15) is 9.59 Å². The molecule has 28 heavy (non-hydrogen) atoms. The van der Waals surface area contributed by atoms with Gasteiger partial charge < -0.3 is 19.4 Å². The molecular formula is C22H26N2O4. The summed E-state index contributed by atoms with van der Waals surface area (Å²) in [6.45, 7) is 3.58. The van der Waals surface area contributed by atoms with Gasteiger partial charge in [0.1, 0.15) is 0 Å². The maximum absolute atomic E-state index is 13.3. The second-order valence-electron chi connectivity index (χ2n) is 7.84. The molecule has 1 aromatic carbocycles. The van der Waals surface area contributed by atoms with Gasteiger partial charge in [-0.15, -0.1) is 0 Å². The van der Waals surface area contributed by atoms with E-state index in [1.807, 2.05) is 25.1 Å². The summed E-state index contributed by atoms with van der Waals surface area (Å²) >= 11 is 0. The first kappa shape index (κ1) is 18.7. The lowest BCUT2D eigenvalue weighted by atomic mass is 9.77. The molecule has 0 bridgehead atoms. The third-order valence-electron chi connectivity index (χ3n) is 6.11. The number of aromatic nitrogens is 1. The van der Waals surface area contributed by atoms with Crippen LogP contribution in [0, 0.1) is 11.8 Å². The van der Waals surface area contributed by atoms with Gasteiger partial charge in [0.05, 0.1) is 30.7 Å². The van der Waals surface area contributed by atoms with Crippen LogP contribution in [0.25, 0.3) is 10.9 Å². The number of Topliss-reactive ketones (excluding diaryl/α,β-unsaturated/α-hetero) is 1. The number of ketones is 1. The van der Waals surface area contributed by atoms with Crippen molar-refractivity contribution >= 4 is 22.7 Å². The number of methoxy groups -OCH3 is 1. The normalized spacial score (nSPS) is 26.0. The maximum Gasteiger partial charge on any atom is 0.337 e. The van der Waals surface area contributed by atoms with Crippen molar-refractivity contribution < 1.29 is 19.1 Å². The Morgan fingerprint density at radius 2 is 2.11 bits per heavy atom. The molecule has 148 valence electrons. The third-order valence-corrected chi connectivity index (χ3v) is 6.11. The van der Waals surface area contributed by atoms with E-state index in [2.05, 4.69) is 23.0 Å². The highest BCUT2D eigenvalue weighted by atomic mass is 16.5. The van der Waals surface area contributed by atoms with Crippen LogP contribution < -0.4 is 0 Å². The van der Waals surface area contributed by atoms with Crippen LogP contribution in [-0.2, 0) is 20.7 Å². The minimum absolute atomic E-state index is 0.0367. The molecule has 2 aliphatic rings. The predicted molar refractivity (Wildman–Crippen MR) is 106 cm³/mol. The quantitative estimate of drug-likeness (QED) is 0.768. The van der Waals surface area contributed by atoms with E-state index in [1.165, 1.54) is 13.4 Å². The number of ether oxygens (including phenoxy) is 2. The third kappa shape index (κ3) is 3.22. The highest BCUT2D eigenvalue weighted by Gasteiger charge is 2.40. The number of H-pyrrole nitrogens is 1. The molecule has 0 saturated heterocycles. The van der Waals surface area contributed by atoms with E-state index in [1.54, 1.807) is 0 Å². The molecule has 1 N–H and O–H groups in total. The predicted octanol–water partition coefficient (Wildman–Crippen LogP) is 2.94. The fourth-order valence-electron chi connectivity index (χ4n) is 4.53. The maximum atomic E-state index is 13.3. The van der Waals surface area contributed by atoms with Crippen LogP contribution in [0.4, 0.5) is 0 Å². The minimum Gasteiger partial charge on any atom is -0.497 e. The van der Waals surface area contributed by atoms with E-state index in [-0.39, 0.29) is 30.1 Å². The van der Waals surface area contributed by atoms with Gasteiger partial charge in [0.2, 0.25) is 0 Å². The molecule has 3 atom stereocenters. The number of nitrogens with zero attached hydrogens (tertiary/aromatic N) is 1. The van der Waals surface area contributed by atoms with Gasteiger partial charge in [-0.1, -0.05) is 18.2 Å². The number of hydrogen-bond acceptors (Lipinski definition) is 5. The Balaban J connectivity index is 1.79. The molecule has 0 spiro atoms. The first-order valence-corrected chi connectivity index (χ1v) is 9.74. The zero-order valence-electron chi connectivity index (χ0n) is 16.5. The van der Waals surface area contributed by atoms with Crippen molar-refractivity contribution in [2.24, 2.45) is 11.8 Å². The Hall–Kier alpha value is -2.60. The molecule has 0 radical (unpaired) electrons. The average molecular weight is 382 g/mol. The molecule has 4 rings (SSSR count). The topological polar surface area (TPSA) is 71.6 Å². The fraction of sp³-hybridized carbons (Fsp3) is 0.455. The molecule has 6 heteroatoms. The standard InChI is InChI=1S/C22H26N2O4/c1-13-17-11-24(2)9-8-15-14-6-4-5-7-19(14)23-21(15)20(25)10-16(17)18(12-28-13)22(26)27-3/h4-7,12-13,16-17,23H,8-11H2,1-3H3. The number of hydrogen-bond donors (Lipinski definition) is 1. The minimum atomic E-state index is -0.425. The van der Waals surface area contributed by atoms with Crippen molar-refractivity contribution in [1.82, 2.24) is 9.88 Å². The summed E-state index contributed by atoms with van der Waals surface area (Å²) in [4.78, 5) is 31.3. The molecule has 0 amide bonds. The van der Waals surface area contributed by atoms with Gasteiger partial charge in [0.15, 0.2) is 5.78 Å². The lowest BCUT2D eigenvalue weighted by Crippen LogP contribution is -2.43. The summed E-state index contributed by atoms with van der Waals surface area (Å²) in [5, 5.41) is 1.10. The largest absolute Gasteiger partial charge is 0.497 e. The second-order valence-corrected chi connectivity index (χ2v) is 7.84. The monoisotopic (exact) mass is 382 g/mol. The Kier molecular flexibility index (Phi) is 4.98. The molecule has 0 fully saturated rings. The highest BCUT2D eigenvalue weighted by Crippen LogP contribution is 2.37. The van der Waals surface area contributed by atoms with Crippen LogP contribution in [-0.4, -0.2) is 55.0 Å². The Labute approximate surface area is 164 Å². The molecule has 3 unspecified atom stereocenters. The highest BCUT2D eigenvalue weighted by molar-refractivity contribution is 6.03. The van der Waals surface area contributed by atoms with Crippen LogP contribution in [0.1, 0.15) is 29.4 Å². The van der Waals surface area contributed by atoms with Gasteiger partial charge in [-0.05, 0) is 32.0 Å². The van der Waals surface area contributed by atoms with Gasteiger partial charge in [-0.25, -0.2) is 4.79 Å². The van der Waals surface area contributed by atoms with Crippen LogP contribution >= 0.6 is 0 Å². The number of carbonyl (C=O) groups excluding carboxylic acids is 2. The molecule has 0 aliphatic carbocycles. The van der Waals surface area contributed by atoms with E-state index >= 15 is 0 Å². The van der Waals surface area contributed by atoms with Gasteiger partial charge in [0, 0.05) is 42.2 Å². The lowest BCUT2D eigenvalue weighted by molar-refractivity contribution is -0.138. The van der Waals surface area contributed by atoms with Crippen LogP contribution in [0.3, 0.4) is 0 Å². The lowest BCUT2D eigenvalue weighted by Gasteiger charge is -2.38. The number of aromatic amines is 1. The molecule has 6 nitrogen and oxygen atoms in total. The number of likely N-dealkylation sites (N-methyl/N-ethyl adjacent to an activating group) is 1. The zero-order valence-corrected chi connectivity index (χ0v) is 16.5. The molecule has 2 aliphatic heterocycles. The van der Waals surface area contributed by atoms with E-state index in [0.29, 0.717) is 11.3 Å². The van der Waals surface area contributed by atoms with Crippen LogP contribution in [0.2, 0.25) is 0 Å². The summed E-state index contributed by atoms with van der Waals surface area (Å²) in [5.74, 6) is -0.580. The fourth-order valence-corrected chi connectivity index (χ4v) is 4.53. The number of nitrogens with one attached hydrogen (secondary N) is 1. The summed E-state index contributed by atoms with van der Waals surface area (Å²) in [5.41, 5.74) is 3.15. The van der Waals surface area contributed by atoms with Crippen molar-refractivity contribution in [1.29, 1.82) is 0 Å². The van der Waals surface area contributed by atoms with Gasteiger partial charge in [0.25, 0.3) is 0 Å². The van der Waals surface area contributed by atoms with Crippen LogP contribution in [0.15, 0.2) is 36.1 Å². The Morgan fingerprint density at radius 3 is 2.89 bits per heavy atom. The number of carbonyl (C=O) groups is 2. The first-order valence-electron chi connectivity index (χ1n) is 9.74. The number of esters is 1. The molecule has 1 aromatic heterocycles. The number of rotatable bonds is 1. The van der Waals surface area contributed by atoms with Crippen molar-refractivity contribution in [3.63, 3.8) is 0 Å². The van der Waals surface area contributed by atoms with Gasteiger partial charge in [-0.3, -0.25) is 4.79 Å².